The molecule has 7 nitrogen and oxygen atoms in total. The first-order chi connectivity index (χ1) is 10.9. The van der Waals surface area contributed by atoms with E-state index in [0.717, 1.165) is 18.7 Å². The van der Waals surface area contributed by atoms with Crippen molar-refractivity contribution in [2.45, 2.75) is 25.3 Å². The average molecular weight is 470 g/mol. The normalized spacial score (nSPS) is 11.9. The first-order valence-corrected chi connectivity index (χ1v) is 9.05. The summed E-state index contributed by atoms with van der Waals surface area (Å²) in [7, 11) is -2.02. The Morgan fingerprint density at radius 3 is 2.58 bits per heavy atom. The molecule has 9 heteroatoms. The van der Waals surface area contributed by atoms with Crippen molar-refractivity contribution in [1.29, 1.82) is 0 Å². The highest BCUT2D eigenvalue weighted by Gasteiger charge is 2.13. The summed E-state index contributed by atoms with van der Waals surface area (Å²) < 4.78 is 31.7. The van der Waals surface area contributed by atoms with Gasteiger partial charge in [-0.3, -0.25) is 0 Å². The number of benzene rings is 1. The van der Waals surface area contributed by atoms with Crippen LogP contribution in [0.15, 0.2) is 34.2 Å². The lowest BCUT2D eigenvalue weighted by Crippen LogP contribution is -2.37. The molecular formula is C15H27IN4O3S. The largest absolute Gasteiger partial charge is 0.383 e. The van der Waals surface area contributed by atoms with Crippen LogP contribution in [0.4, 0.5) is 0 Å². The maximum absolute atomic E-state index is 12.2. The molecule has 0 aliphatic carbocycles. The van der Waals surface area contributed by atoms with Gasteiger partial charge in [-0.1, -0.05) is 12.1 Å². The first kappa shape index (κ1) is 23.1. The van der Waals surface area contributed by atoms with Crippen LogP contribution in [0.1, 0.15) is 19.4 Å². The summed E-state index contributed by atoms with van der Waals surface area (Å²) >= 11 is 0. The fourth-order valence-corrected chi connectivity index (χ4v) is 3.08. The van der Waals surface area contributed by atoms with Gasteiger partial charge in [0, 0.05) is 26.7 Å². The zero-order chi connectivity index (χ0) is 17.3. The van der Waals surface area contributed by atoms with Crippen molar-refractivity contribution >= 4 is 40.0 Å². The molecule has 0 bridgehead atoms. The Labute approximate surface area is 161 Å². The predicted molar refractivity (Wildman–Crippen MR) is 107 cm³/mol. The molecule has 0 unspecified atom stereocenters. The van der Waals surface area contributed by atoms with Crippen molar-refractivity contribution in [2.75, 3.05) is 33.4 Å². The van der Waals surface area contributed by atoms with E-state index >= 15 is 0 Å². The molecule has 0 saturated carbocycles. The van der Waals surface area contributed by atoms with E-state index in [1.165, 1.54) is 7.11 Å². The number of nitrogens with one attached hydrogen (secondary N) is 1. The van der Waals surface area contributed by atoms with Crippen molar-refractivity contribution in [3.8, 4) is 0 Å². The maximum Gasteiger partial charge on any atom is 0.240 e. The van der Waals surface area contributed by atoms with Gasteiger partial charge >= 0.3 is 0 Å². The molecule has 0 radical (unpaired) electrons. The second-order valence-corrected chi connectivity index (χ2v) is 6.65. The van der Waals surface area contributed by atoms with Crippen molar-refractivity contribution in [1.82, 2.24) is 9.62 Å². The first-order valence-electron chi connectivity index (χ1n) is 7.57. The third kappa shape index (κ3) is 7.32. The molecule has 1 aromatic rings. The predicted octanol–water partition coefficient (Wildman–Crippen LogP) is 1.39. The molecule has 0 amide bonds. The van der Waals surface area contributed by atoms with Gasteiger partial charge in [-0.05, 0) is 31.5 Å². The van der Waals surface area contributed by atoms with E-state index in [1.807, 2.05) is 24.8 Å². The van der Waals surface area contributed by atoms with E-state index in [0.29, 0.717) is 19.1 Å². The minimum atomic E-state index is -3.54. The fourth-order valence-electron chi connectivity index (χ4n) is 1.99. The Morgan fingerprint density at radius 2 is 2.00 bits per heavy atom. The Bertz CT molecular complexity index is 619. The van der Waals surface area contributed by atoms with Gasteiger partial charge < -0.3 is 15.4 Å². The van der Waals surface area contributed by atoms with Gasteiger partial charge in [-0.2, -0.15) is 0 Å². The second kappa shape index (κ2) is 11.6. The standard InChI is InChI=1S/C15H26N4O3S.HI/c1-4-19(5-2)15(16)17-12-13-7-6-8-14(11-13)23(20,21)18-9-10-22-3;/h6-8,11,18H,4-5,9-10,12H2,1-3H3,(H2,16,17);1H. The lowest BCUT2D eigenvalue weighted by atomic mass is 10.2. The monoisotopic (exact) mass is 470 g/mol. The van der Waals surface area contributed by atoms with E-state index in [-0.39, 0.29) is 35.4 Å². The lowest BCUT2D eigenvalue weighted by molar-refractivity contribution is 0.204. The van der Waals surface area contributed by atoms with Crippen LogP contribution in [-0.2, 0) is 21.3 Å². The van der Waals surface area contributed by atoms with Gasteiger partial charge in [-0.25, -0.2) is 18.1 Å². The molecule has 0 spiro atoms. The van der Waals surface area contributed by atoms with Crippen LogP contribution in [0.25, 0.3) is 0 Å². The van der Waals surface area contributed by atoms with Gasteiger partial charge in [0.25, 0.3) is 0 Å². The van der Waals surface area contributed by atoms with Crippen LogP contribution >= 0.6 is 24.0 Å². The van der Waals surface area contributed by atoms with Gasteiger partial charge in [0.05, 0.1) is 18.0 Å². The highest BCUT2D eigenvalue weighted by Crippen LogP contribution is 2.12. The van der Waals surface area contributed by atoms with Crippen LogP contribution < -0.4 is 10.5 Å². The third-order valence-corrected chi connectivity index (χ3v) is 4.78. The van der Waals surface area contributed by atoms with Crippen molar-refractivity contribution in [2.24, 2.45) is 10.7 Å². The van der Waals surface area contributed by atoms with Crippen molar-refractivity contribution < 1.29 is 13.2 Å². The molecule has 24 heavy (non-hydrogen) atoms. The van der Waals surface area contributed by atoms with E-state index in [9.17, 15) is 8.42 Å². The van der Waals surface area contributed by atoms with Crippen LogP contribution in [0.3, 0.4) is 0 Å². The van der Waals surface area contributed by atoms with Gasteiger partial charge in [0.1, 0.15) is 0 Å². The minimum absolute atomic E-state index is 0. The number of aliphatic imine (C=N–C) groups is 1. The number of methoxy groups -OCH3 is 1. The number of nitrogens with zero attached hydrogens (tertiary/aromatic N) is 2. The molecule has 3 N–H and O–H groups in total. The number of sulfonamides is 1. The van der Waals surface area contributed by atoms with E-state index < -0.39 is 10.0 Å². The summed E-state index contributed by atoms with van der Waals surface area (Å²) in [6, 6.07) is 6.68. The fraction of sp³-hybridized carbons (Fsp3) is 0.533. The van der Waals surface area contributed by atoms with Crippen LogP contribution in [0, 0.1) is 0 Å². The number of hydrogen-bond donors (Lipinski definition) is 2. The smallest absolute Gasteiger partial charge is 0.240 e. The van der Waals surface area contributed by atoms with E-state index in [4.69, 9.17) is 10.5 Å². The SMILES string of the molecule is CCN(CC)C(N)=NCc1cccc(S(=O)(=O)NCCOC)c1.I. The zero-order valence-corrected chi connectivity index (χ0v) is 17.5. The Morgan fingerprint density at radius 1 is 1.33 bits per heavy atom. The van der Waals surface area contributed by atoms with Crippen LogP contribution in [0.5, 0.6) is 0 Å². The minimum Gasteiger partial charge on any atom is -0.383 e. The van der Waals surface area contributed by atoms with Crippen LogP contribution in [0.2, 0.25) is 0 Å². The highest BCUT2D eigenvalue weighted by molar-refractivity contribution is 14.0. The summed E-state index contributed by atoms with van der Waals surface area (Å²) in [5.74, 6) is 0.460. The third-order valence-electron chi connectivity index (χ3n) is 3.32. The molecule has 0 aliphatic rings. The quantitative estimate of drug-likeness (QED) is 0.246. The van der Waals surface area contributed by atoms with Crippen molar-refractivity contribution in [3.05, 3.63) is 29.8 Å². The number of halogens is 1. The number of nitrogens with two attached hydrogens (primary N) is 1. The van der Waals surface area contributed by atoms with Gasteiger partial charge in [0.15, 0.2) is 5.96 Å². The van der Waals surface area contributed by atoms with E-state index in [1.54, 1.807) is 18.2 Å². The molecular weight excluding hydrogens is 443 g/mol. The highest BCUT2D eigenvalue weighted by atomic mass is 127. The number of guanidine groups is 1. The Hall–Kier alpha value is -0.910. The van der Waals surface area contributed by atoms with Crippen LogP contribution in [-0.4, -0.2) is 52.6 Å². The summed E-state index contributed by atoms with van der Waals surface area (Å²) in [6.07, 6.45) is 0. The molecule has 0 atom stereocenters. The number of ether oxygens (including phenoxy) is 1. The molecule has 0 fully saturated rings. The average Bonchev–Trinajstić information content (AvgIpc) is 2.54. The summed E-state index contributed by atoms with van der Waals surface area (Å²) in [6.45, 7) is 6.46. The summed E-state index contributed by atoms with van der Waals surface area (Å²) in [4.78, 5) is 6.47. The topological polar surface area (TPSA) is 97.0 Å². The molecule has 1 aromatic carbocycles. The van der Waals surface area contributed by atoms with Gasteiger partial charge in [-0.15, -0.1) is 24.0 Å². The second-order valence-electron chi connectivity index (χ2n) is 4.88. The molecule has 0 aromatic heterocycles. The van der Waals surface area contributed by atoms with Crippen molar-refractivity contribution in [3.63, 3.8) is 0 Å². The number of rotatable bonds is 9. The molecule has 0 aliphatic heterocycles. The summed E-state index contributed by atoms with van der Waals surface area (Å²) in [5, 5.41) is 0. The molecule has 138 valence electrons. The maximum atomic E-state index is 12.2. The number of hydrogen-bond acceptors (Lipinski definition) is 4. The molecule has 1 rings (SSSR count). The Kier molecular flexibility index (Phi) is 11.2. The Balaban J connectivity index is 0.00000529. The molecule has 0 saturated heterocycles. The molecule has 0 heterocycles. The zero-order valence-electron chi connectivity index (χ0n) is 14.4. The van der Waals surface area contributed by atoms with E-state index in [2.05, 4.69) is 9.71 Å². The lowest BCUT2D eigenvalue weighted by Gasteiger charge is -2.19. The van der Waals surface area contributed by atoms with Gasteiger partial charge in [0.2, 0.25) is 10.0 Å². The summed E-state index contributed by atoms with van der Waals surface area (Å²) in [5.41, 5.74) is 6.71.